The lowest BCUT2D eigenvalue weighted by atomic mass is 10.1. The van der Waals surface area contributed by atoms with Gasteiger partial charge in [-0.1, -0.05) is 13.0 Å². The number of aromatic nitrogens is 2. The number of nitrogens with zero attached hydrogens (tertiary/aromatic N) is 2. The lowest BCUT2D eigenvalue weighted by Gasteiger charge is -2.06. The van der Waals surface area contributed by atoms with E-state index in [2.05, 4.69) is 17.3 Å². The van der Waals surface area contributed by atoms with Gasteiger partial charge in [-0.15, -0.1) is 11.3 Å². The average Bonchev–Trinajstić information content (AvgIpc) is 3.06. The Balaban J connectivity index is 2.09. The summed E-state index contributed by atoms with van der Waals surface area (Å²) in [5, 5.41) is 8.29. The third-order valence-corrected chi connectivity index (χ3v) is 4.46. The first kappa shape index (κ1) is 13.3. The lowest BCUT2D eigenvalue weighted by Crippen LogP contribution is -2.13. The minimum Gasteiger partial charge on any atom is -0.312 e. The highest BCUT2D eigenvalue weighted by Crippen LogP contribution is 2.33. The van der Waals surface area contributed by atoms with E-state index >= 15 is 0 Å². The van der Waals surface area contributed by atoms with Crippen molar-refractivity contribution in [3.05, 3.63) is 52.9 Å². The minimum absolute atomic E-state index is 0.149. The molecule has 3 nitrogen and oxygen atoms in total. The van der Waals surface area contributed by atoms with Gasteiger partial charge in [-0.3, -0.25) is 4.68 Å². The van der Waals surface area contributed by atoms with Crippen molar-refractivity contribution in [2.75, 3.05) is 6.54 Å². The predicted octanol–water partition coefficient (Wildman–Crippen LogP) is 3.39. The molecule has 2 heterocycles. The first-order valence-corrected chi connectivity index (χ1v) is 7.48. The quantitative estimate of drug-likeness (QED) is 0.780. The summed E-state index contributed by atoms with van der Waals surface area (Å²) in [7, 11) is 0. The number of hydrogen-bond acceptors (Lipinski definition) is 3. The maximum atomic E-state index is 14.2. The molecule has 0 amide bonds. The normalized spacial score (nSPS) is 11.3. The summed E-state index contributed by atoms with van der Waals surface area (Å²) in [6.07, 6.45) is 3.65. The first-order valence-electron chi connectivity index (χ1n) is 6.66. The fraction of sp³-hybridized carbons (Fsp3) is 0.267. The molecule has 0 unspecified atom stereocenters. The minimum atomic E-state index is -0.149. The molecule has 0 radical (unpaired) electrons. The molecule has 3 aromatic rings. The van der Waals surface area contributed by atoms with E-state index in [0.717, 1.165) is 28.7 Å². The molecule has 0 saturated heterocycles. The Morgan fingerprint density at radius 2 is 2.25 bits per heavy atom. The molecule has 0 spiro atoms. The van der Waals surface area contributed by atoms with Crippen molar-refractivity contribution < 1.29 is 4.39 Å². The summed E-state index contributed by atoms with van der Waals surface area (Å²) in [6, 6.07) is 7.15. The summed E-state index contributed by atoms with van der Waals surface area (Å²) in [5.41, 5.74) is 1.03. The average molecular weight is 289 g/mol. The van der Waals surface area contributed by atoms with Crippen molar-refractivity contribution in [2.45, 2.75) is 20.0 Å². The maximum absolute atomic E-state index is 14.2. The van der Waals surface area contributed by atoms with Crippen molar-refractivity contribution in [2.24, 2.45) is 0 Å². The highest BCUT2D eigenvalue weighted by molar-refractivity contribution is 7.19. The van der Waals surface area contributed by atoms with Gasteiger partial charge in [0.25, 0.3) is 0 Å². The Labute approximate surface area is 121 Å². The van der Waals surface area contributed by atoms with Crippen LogP contribution in [0.25, 0.3) is 10.1 Å². The molecule has 104 valence electrons. The molecule has 3 rings (SSSR count). The second kappa shape index (κ2) is 5.73. The number of benzene rings is 1. The van der Waals surface area contributed by atoms with Gasteiger partial charge >= 0.3 is 0 Å². The number of nitrogens with one attached hydrogen (secondary N) is 1. The SMILES string of the molecule is CCNCc1sc2cccc(F)c2c1Cn1cccn1. The van der Waals surface area contributed by atoms with Crippen molar-refractivity contribution in [3.8, 4) is 0 Å². The smallest absolute Gasteiger partial charge is 0.132 e. The van der Waals surface area contributed by atoms with Gasteiger partial charge in [-0.25, -0.2) is 4.39 Å². The predicted molar refractivity (Wildman–Crippen MR) is 80.5 cm³/mol. The van der Waals surface area contributed by atoms with Gasteiger partial charge in [0.15, 0.2) is 0 Å². The van der Waals surface area contributed by atoms with Crippen LogP contribution in [0, 0.1) is 5.82 Å². The van der Waals surface area contributed by atoms with E-state index in [4.69, 9.17) is 0 Å². The van der Waals surface area contributed by atoms with E-state index < -0.39 is 0 Å². The second-order valence-corrected chi connectivity index (χ2v) is 5.74. The van der Waals surface area contributed by atoms with Gasteiger partial charge in [0.1, 0.15) is 5.82 Å². The van der Waals surface area contributed by atoms with Crippen LogP contribution in [0.4, 0.5) is 4.39 Å². The second-order valence-electron chi connectivity index (χ2n) is 4.60. The van der Waals surface area contributed by atoms with Crippen LogP contribution in [0.2, 0.25) is 0 Å². The van der Waals surface area contributed by atoms with Crippen LogP contribution in [-0.2, 0) is 13.1 Å². The van der Waals surface area contributed by atoms with Crippen molar-refractivity contribution >= 4 is 21.4 Å². The lowest BCUT2D eigenvalue weighted by molar-refractivity contribution is 0.633. The van der Waals surface area contributed by atoms with Crippen molar-refractivity contribution in [1.82, 2.24) is 15.1 Å². The van der Waals surface area contributed by atoms with Crippen LogP contribution in [0.3, 0.4) is 0 Å². The first-order chi connectivity index (χ1) is 9.79. The van der Waals surface area contributed by atoms with E-state index in [0.29, 0.717) is 6.54 Å². The van der Waals surface area contributed by atoms with Crippen LogP contribution < -0.4 is 5.32 Å². The zero-order chi connectivity index (χ0) is 13.9. The molecule has 1 aromatic carbocycles. The molecule has 0 fully saturated rings. The number of halogens is 1. The van der Waals surface area contributed by atoms with Crippen LogP contribution in [0.1, 0.15) is 17.4 Å². The third-order valence-electron chi connectivity index (χ3n) is 3.26. The molecule has 0 bridgehead atoms. The van der Waals surface area contributed by atoms with Gasteiger partial charge in [0, 0.05) is 33.9 Å². The third kappa shape index (κ3) is 2.46. The number of hydrogen-bond donors (Lipinski definition) is 1. The standard InChI is InChI=1S/C15H16FN3S/c1-2-17-9-14-11(10-19-8-4-7-18-19)15-12(16)5-3-6-13(15)20-14/h3-8,17H,2,9-10H2,1H3. The number of rotatable bonds is 5. The van der Waals surface area contributed by atoms with Crippen molar-refractivity contribution in [3.63, 3.8) is 0 Å². The van der Waals surface area contributed by atoms with Crippen LogP contribution >= 0.6 is 11.3 Å². The molecular weight excluding hydrogens is 273 g/mol. The van der Waals surface area contributed by atoms with Gasteiger partial charge < -0.3 is 5.32 Å². The molecule has 1 N–H and O–H groups in total. The fourth-order valence-corrected chi connectivity index (χ4v) is 3.52. The zero-order valence-corrected chi connectivity index (χ0v) is 12.1. The summed E-state index contributed by atoms with van der Waals surface area (Å²) < 4.78 is 17.0. The largest absolute Gasteiger partial charge is 0.312 e. The van der Waals surface area contributed by atoms with E-state index in [1.807, 2.05) is 23.0 Å². The number of fused-ring (bicyclic) bond motifs is 1. The molecule has 0 aliphatic carbocycles. The fourth-order valence-electron chi connectivity index (χ4n) is 2.32. The van der Waals surface area contributed by atoms with E-state index in [1.165, 1.54) is 10.9 Å². The number of thiophene rings is 1. The Morgan fingerprint density at radius 3 is 3.00 bits per heavy atom. The highest BCUT2D eigenvalue weighted by Gasteiger charge is 2.15. The monoisotopic (exact) mass is 289 g/mol. The topological polar surface area (TPSA) is 29.9 Å². The molecule has 20 heavy (non-hydrogen) atoms. The van der Waals surface area contributed by atoms with E-state index in [9.17, 15) is 4.39 Å². The molecule has 0 aliphatic heterocycles. The highest BCUT2D eigenvalue weighted by atomic mass is 32.1. The maximum Gasteiger partial charge on any atom is 0.132 e. The Morgan fingerprint density at radius 1 is 1.35 bits per heavy atom. The van der Waals surface area contributed by atoms with Gasteiger partial charge in [0.05, 0.1) is 6.54 Å². The molecular formula is C15H16FN3S. The van der Waals surface area contributed by atoms with Crippen LogP contribution in [0.5, 0.6) is 0 Å². The van der Waals surface area contributed by atoms with Gasteiger partial charge in [-0.2, -0.15) is 5.10 Å². The van der Waals surface area contributed by atoms with E-state index in [1.54, 1.807) is 23.6 Å². The molecule has 0 atom stereocenters. The van der Waals surface area contributed by atoms with Crippen LogP contribution in [0.15, 0.2) is 36.7 Å². The Bertz CT molecular complexity index is 703. The molecule has 0 saturated carbocycles. The molecule has 2 aromatic heterocycles. The Kier molecular flexibility index (Phi) is 3.80. The summed E-state index contributed by atoms with van der Waals surface area (Å²) in [6.45, 7) is 4.35. The van der Waals surface area contributed by atoms with Crippen LogP contribution in [-0.4, -0.2) is 16.3 Å². The summed E-state index contributed by atoms with van der Waals surface area (Å²) in [5.74, 6) is -0.149. The van der Waals surface area contributed by atoms with Gasteiger partial charge in [0.2, 0.25) is 0 Å². The summed E-state index contributed by atoms with van der Waals surface area (Å²) in [4.78, 5) is 1.18. The van der Waals surface area contributed by atoms with Crippen molar-refractivity contribution in [1.29, 1.82) is 0 Å². The molecule has 5 heteroatoms. The molecule has 0 aliphatic rings. The summed E-state index contributed by atoms with van der Waals surface area (Å²) >= 11 is 1.66. The zero-order valence-electron chi connectivity index (χ0n) is 11.3. The van der Waals surface area contributed by atoms with Gasteiger partial charge in [-0.05, 0) is 30.3 Å². The van der Waals surface area contributed by atoms with E-state index in [-0.39, 0.29) is 5.82 Å². The Hall–Kier alpha value is -1.72.